The number of hydrazone groups is 1. The number of hydrogen-bond donors (Lipinski definition) is 1. The standard InChI is InChI=1S/C17H15Br2FN2O3/c1-10(11-3-5-13(20)6-4-11)21-22-16(23)9-25-17-14(19)7-12(18)8-15(17)24-2/h3-8H,9H2,1-2H3,(H,22,23). The van der Waals surface area contributed by atoms with Crippen LogP contribution >= 0.6 is 31.9 Å². The first-order valence-electron chi connectivity index (χ1n) is 7.15. The molecule has 0 aromatic heterocycles. The molecular weight excluding hydrogens is 459 g/mol. The summed E-state index contributed by atoms with van der Waals surface area (Å²) in [5.41, 5.74) is 3.66. The molecule has 0 aliphatic heterocycles. The monoisotopic (exact) mass is 472 g/mol. The molecular formula is C17H15Br2FN2O3. The molecule has 2 aromatic carbocycles. The Morgan fingerprint density at radius 3 is 2.56 bits per heavy atom. The third kappa shape index (κ3) is 5.54. The summed E-state index contributed by atoms with van der Waals surface area (Å²) in [6.45, 7) is 1.47. The first kappa shape index (κ1) is 19.4. The van der Waals surface area contributed by atoms with Crippen LogP contribution in [0.15, 0.2) is 50.4 Å². The lowest BCUT2D eigenvalue weighted by Crippen LogP contribution is -2.25. The summed E-state index contributed by atoms with van der Waals surface area (Å²) >= 11 is 6.71. The van der Waals surface area contributed by atoms with Crippen LogP contribution in [0.4, 0.5) is 4.39 Å². The van der Waals surface area contributed by atoms with Crippen molar-refractivity contribution in [3.05, 3.63) is 56.7 Å². The fraction of sp³-hybridized carbons (Fsp3) is 0.176. The first-order chi connectivity index (χ1) is 11.9. The van der Waals surface area contributed by atoms with E-state index in [1.807, 2.05) is 0 Å². The summed E-state index contributed by atoms with van der Waals surface area (Å²) in [6, 6.07) is 9.34. The number of benzene rings is 2. The normalized spacial score (nSPS) is 11.2. The molecule has 2 aromatic rings. The van der Waals surface area contributed by atoms with Gasteiger partial charge in [0, 0.05) is 4.47 Å². The molecule has 1 amide bonds. The molecule has 0 heterocycles. The molecule has 2 rings (SSSR count). The molecule has 0 radical (unpaired) electrons. The summed E-state index contributed by atoms with van der Waals surface area (Å²) in [5, 5.41) is 3.98. The number of halogens is 3. The first-order valence-corrected chi connectivity index (χ1v) is 8.74. The Balaban J connectivity index is 1.97. The molecule has 0 saturated heterocycles. The van der Waals surface area contributed by atoms with E-state index in [4.69, 9.17) is 9.47 Å². The fourth-order valence-electron chi connectivity index (χ4n) is 1.90. The third-order valence-corrected chi connectivity index (χ3v) is 4.20. The van der Waals surface area contributed by atoms with Gasteiger partial charge in [-0.1, -0.05) is 28.1 Å². The largest absolute Gasteiger partial charge is 0.493 e. The van der Waals surface area contributed by atoms with Crippen LogP contribution < -0.4 is 14.9 Å². The Kier molecular flexibility index (Phi) is 6.95. The molecule has 0 unspecified atom stereocenters. The van der Waals surface area contributed by atoms with Gasteiger partial charge in [0.15, 0.2) is 18.1 Å². The summed E-state index contributed by atoms with van der Waals surface area (Å²) in [7, 11) is 1.51. The van der Waals surface area contributed by atoms with Crippen LogP contribution in [0.3, 0.4) is 0 Å². The molecule has 0 aliphatic carbocycles. The maximum absolute atomic E-state index is 12.9. The van der Waals surface area contributed by atoms with E-state index in [1.54, 1.807) is 31.2 Å². The summed E-state index contributed by atoms with van der Waals surface area (Å²) in [6.07, 6.45) is 0. The zero-order chi connectivity index (χ0) is 18.4. The van der Waals surface area contributed by atoms with Crippen molar-refractivity contribution in [3.63, 3.8) is 0 Å². The third-order valence-electron chi connectivity index (χ3n) is 3.15. The molecule has 5 nitrogen and oxygen atoms in total. The maximum Gasteiger partial charge on any atom is 0.277 e. The molecule has 0 spiro atoms. The smallest absolute Gasteiger partial charge is 0.277 e. The van der Waals surface area contributed by atoms with Gasteiger partial charge >= 0.3 is 0 Å². The van der Waals surface area contributed by atoms with Crippen molar-refractivity contribution in [2.75, 3.05) is 13.7 Å². The minimum absolute atomic E-state index is 0.239. The number of rotatable bonds is 6. The Morgan fingerprint density at radius 2 is 1.92 bits per heavy atom. The summed E-state index contributed by atoms with van der Waals surface area (Å²) in [5.74, 6) is 0.140. The molecule has 1 N–H and O–H groups in total. The lowest BCUT2D eigenvalue weighted by Gasteiger charge is -2.12. The van der Waals surface area contributed by atoms with E-state index in [0.29, 0.717) is 27.2 Å². The van der Waals surface area contributed by atoms with Crippen LogP contribution in [0.5, 0.6) is 11.5 Å². The van der Waals surface area contributed by atoms with Crippen LogP contribution in [0.25, 0.3) is 0 Å². The van der Waals surface area contributed by atoms with Crippen LogP contribution in [0.1, 0.15) is 12.5 Å². The molecule has 25 heavy (non-hydrogen) atoms. The number of carbonyl (C=O) groups is 1. The van der Waals surface area contributed by atoms with Gasteiger partial charge < -0.3 is 9.47 Å². The Bertz CT molecular complexity index is 795. The van der Waals surface area contributed by atoms with Crippen molar-refractivity contribution in [2.45, 2.75) is 6.92 Å². The second-order valence-electron chi connectivity index (χ2n) is 4.95. The van der Waals surface area contributed by atoms with Crippen molar-refractivity contribution < 1.29 is 18.7 Å². The zero-order valence-corrected chi connectivity index (χ0v) is 16.6. The second-order valence-corrected chi connectivity index (χ2v) is 6.72. The molecule has 132 valence electrons. The molecule has 0 bridgehead atoms. The summed E-state index contributed by atoms with van der Waals surface area (Å²) < 4.78 is 25.1. The van der Waals surface area contributed by atoms with E-state index in [1.165, 1.54) is 19.2 Å². The SMILES string of the molecule is COc1cc(Br)cc(Br)c1OCC(=O)NN=C(C)c1ccc(F)cc1. The molecule has 0 fully saturated rings. The Morgan fingerprint density at radius 1 is 1.24 bits per heavy atom. The minimum atomic E-state index is -0.432. The molecule has 0 aliphatic rings. The number of amides is 1. The van der Waals surface area contributed by atoms with E-state index in [9.17, 15) is 9.18 Å². The molecule has 0 saturated carbocycles. The van der Waals surface area contributed by atoms with Crippen molar-refractivity contribution in [1.29, 1.82) is 0 Å². The molecule has 8 heteroatoms. The number of hydrogen-bond acceptors (Lipinski definition) is 4. The van der Waals surface area contributed by atoms with E-state index < -0.39 is 5.91 Å². The highest BCUT2D eigenvalue weighted by Gasteiger charge is 2.13. The topological polar surface area (TPSA) is 59.9 Å². The van der Waals surface area contributed by atoms with Gasteiger partial charge in [0.25, 0.3) is 5.91 Å². The maximum atomic E-state index is 12.9. The van der Waals surface area contributed by atoms with Crippen molar-refractivity contribution in [1.82, 2.24) is 5.43 Å². The van der Waals surface area contributed by atoms with Gasteiger partial charge in [-0.3, -0.25) is 4.79 Å². The zero-order valence-electron chi connectivity index (χ0n) is 13.5. The fourth-order valence-corrected chi connectivity index (χ4v) is 3.20. The highest BCUT2D eigenvalue weighted by molar-refractivity contribution is 9.11. The Hall–Kier alpha value is -1.93. The predicted molar refractivity (Wildman–Crippen MR) is 101 cm³/mol. The Labute approximate surface area is 161 Å². The quantitative estimate of drug-likeness (QED) is 0.503. The van der Waals surface area contributed by atoms with Crippen molar-refractivity contribution in [3.8, 4) is 11.5 Å². The van der Waals surface area contributed by atoms with E-state index in [2.05, 4.69) is 42.4 Å². The summed E-state index contributed by atoms with van der Waals surface area (Å²) in [4.78, 5) is 11.9. The average Bonchev–Trinajstić information content (AvgIpc) is 2.58. The van der Waals surface area contributed by atoms with Crippen LogP contribution in [0.2, 0.25) is 0 Å². The van der Waals surface area contributed by atoms with Gasteiger partial charge in [0.2, 0.25) is 0 Å². The minimum Gasteiger partial charge on any atom is -0.493 e. The van der Waals surface area contributed by atoms with Gasteiger partial charge in [-0.2, -0.15) is 5.10 Å². The van der Waals surface area contributed by atoms with Gasteiger partial charge in [-0.25, -0.2) is 9.82 Å². The molecule has 0 atom stereocenters. The second kappa shape index (κ2) is 8.96. The highest BCUT2D eigenvalue weighted by atomic mass is 79.9. The van der Waals surface area contributed by atoms with Gasteiger partial charge in [-0.05, 0) is 52.7 Å². The van der Waals surface area contributed by atoms with E-state index >= 15 is 0 Å². The number of nitrogens with one attached hydrogen (secondary N) is 1. The van der Waals surface area contributed by atoms with Crippen LogP contribution in [-0.2, 0) is 4.79 Å². The van der Waals surface area contributed by atoms with Gasteiger partial charge in [-0.15, -0.1) is 0 Å². The number of ether oxygens (including phenoxy) is 2. The van der Waals surface area contributed by atoms with E-state index in [0.717, 1.165) is 4.47 Å². The lowest BCUT2D eigenvalue weighted by atomic mass is 10.1. The van der Waals surface area contributed by atoms with Gasteiger partial charge in [0.1, 0.15) is 5.82 Å². The van der Waals surface area contributed by atoms with Gasteiger partial charge in [0.05, 0.1) is 17.3 Å². The van der Waals surface area contributed by atoms with Crippen molar-refractivity contribution in [2.24, 2.45) is 5.10 Å². The van der Waals surface area contributed by atoms with Crippen LogP contribution in [0, 0.1) is 5.82 Å². The average molecular weight is 474 g/mol. The number of nitrogens with zero attached hydrogens (tertiary/aromatic N) is 1. The lowest BCUT2D eigenvalue weighted by molar-refractivity contribution is -0.123. The van der Waals surface area contributed by atoms with E-state index in [-0.39, 0.29) is 12.4 Å². The number of carbonyl (C=O) groups excluding carboxylic acids is 1. The predicted octanol–water partition coefficient (Wildman–Crippen LogP) is 4.28. The van der Waals surface area contributed by atoms with Crippen LogP contribution in [-0.4, -0.2) is 25.3 Å². The highest BCUT2D eigenvalue weighted by Crippen LogP contribution is 2.38. The van der Waals surface area contributed by atoms with Crippen molar-refractivity contribution >= 4 is 43.5 Å². The number of methoxy groups -OCH3 is 1.